The summed E-state index contributed by atoms with van der Waals surface area (Å²) in [6.45, 7) is 3.31. The van der Waals surface area contributed by atoms with E-state index in [2.05, 4.69) is 11.6 Å². The van der Waals surface area contributed by atoms with E-state index in [1.54, 1.807) is 7.05 Å². The van der Waals surface area contributed by atoms with Crippen molar-refractivity contribution in [2.24, 2.45) is 5.73 Å². The van der Waals surface area contributed by atoms with Crippen LogP contribution in [0.25, 0.3) is 0 Å². The van der Waals surface area contributed by atoms with Crippen molar-refractivity contribution in [3.63, 3.8) is 0 Å². The van der Waals surface area contributed by atoms with E-state index in [9.17, 15) is 8.42 Å². The summed E-state index contributed by atoms with van der Waals surface area (Å²) in [5.74, 6) is 0. The number of nitrogens with zero attached hydrogens (tertiary/aromatic N) is 1. The zero-order valence-corrected chi connectivity index (χ0v) is 12.4. The molecule has 1 aromatic rings. The number of hydrogen-bond donors (Lipinski definition) is 2. The van der Waals surface area contributed by atoms with E-state index in [0.717, 1.165) is 12.0 Å². The largest absolute Gasteiger partial charge is 0.330 e. The van der Waals surface area contributed by atoms with Crippen LogP contribution in [0.5, 0.6) is 0 Å². The molecule has 0 radical (unpaired) electrons. The Kier molecular flexibility index (Phi) is 6.44. The SMILES string of the molecule is CCc1ccc(CNS(=O)(=O)N(C)CCCN)cc1. The van der Waals surface area contributed by atoms with Crippen LogP contribution < -0.4 is 10.5 Å². The molecule has 0 aliphatic carbocycles. The predicted molar refractivity (Wildman–Crippen MR) is 77.9 cm³/mol. The second-order valence-corrected chi connectivity index (χ2v) is 6.32. The predicted octanol–water partition coefficient (Wildman–Crippen LogP) is 0.864. The summed E-state index contributed by atoms with van der Waals surface area (Å²) in [6.07, 6.45) is 1.64. The van der Waals surface area contributed by atoms with Gasteiger partial charge in [-0.3, -0.25) is 0 Å². The molecule has 108 valence electrons. The second kappa shape index (κ2) is 7.59. The molecule has 0 spiro atoms. The molecule has 0 aromatic heterocycles. The molecule has 6 heteroatoms. The lowest BCUT2D eigenvalue weighted by Crippen LogP contribution is -2.38. The molecule has 3 N–H and O–H groups in total. The first kappa shape index (κ1) is 16.1. The van der Waals surface area contributed by atoms with Crippen molar-refractivity contribution in [3.05, 3.63) is 35.4 Å². The number of rotatable bonds is 8. The average molecular weight is 285 g/mol. The summed E-state index contributed by atoms with van der Waals surface area (Å²) in [6, 6.07) is 7.92. The van der Waals surface area contributed by atoms with Crippen molar-refractivity contribution < 1.29 is 8.42 Å². The maximum Gasteiger partial charge on any atom is 0.279 e. The van der Waals surface area contributed by atoms with Crippen LogP contribution in [-0.2, 0) is 23.2 Å². The fraction of sp³-hybridized carbons (Fsp3) is 0.538. The van der Waals surface area contributed by atoms with Crippen molar-refractivity contribution in [2.45, 2.75) is 26.3 Å². The fourth-order valence-electron chi connectivity index (χ4n) is 1.61. The summed E-state index contributed by atoms with van der Waals surface area (Å²) in [4.78, 5) is 0. The van der Waals surface area contributed by atoms with Gasteiger partial charge in [0.2, 0.25) is 0 Å². The van der Waals surface area contributed by atoms with Crippen molar-refractivity contribution in [2.75, 3.05) is 20.1 Å². The van der Waals surface area contributed by atoms with Crippen LogP contribution in [0.2, 0.25) is 0 Å². The van der Waals surface area contributed by atoms with Gasteiger partial charge >= 0.3 is 0 Å². The highest BCUT2D eigenvalue weighted by molar-refractivity contribution is 7.87. The third-order valence-electron chi connectivity index (χ3n) is 2.98. The molecule has 0 heterocycles. The zero-order valence-electron chi connectivity index (χ0n) is 11.6. The van der Waals surface area contributed by atoms with Gasteiger partial charge in [0.15, 0.2) is 0 Å². The highest BCUT2D eigenvalue weighted by atomic mass is 32.2. The standard InChI is InChI=1S/C13H23N3O2S/c1-3-12-5-7-13(8-6-12)11-15-19(17,18)16(2)10-4-9-14/h5-8,15H,3-4,9-11,14H2,1-2H3. The Labute approximate surface area is 116 Å². The molecule has 0 atom stereocenters. The van der Waals surface area contributed by atoms with E-state index >= 15 is 0 Å². The third-order valence-corrected chi connectivity index (χ3v) is 4.49. The van der Waals surface area contributed by atoms with E-state index in [4.69, 9.17) is 5.73 Å². The maximum atomic E-state index is 11.9. The molecule has 5 nitrogen and oxygen atoms in total. The highest BCUT2D eigenvalue weighted by Gasteiger charge is 2.15. The van der Waals surface area contributed by atoms with Gasteiger partial charge in [0.05, 0.1) is 0 Å². The molecule has 1 rings (SSSR count). The summed E-state index contributed by atoms with van der Waals surface area (Å²) >= 11 is 0. The minimum Gasteiger partial charge on any atom is -0.330 e. The van der Waals surface area contributed by atoms with Gasteiger partial charge in [0.1, 0.15) is 0 Å². The van der Waals surface area contributed by atoms with Gasteiger partial charge in [0, 0.05) is 20.1 Å². The van der Waals surface area contributed by atoms with Crippen LogP contribution in [0.3, 0.4) is 0 Å². The molecular weight excluding hydrogens is 262 g/mol. The monoisotopic (exact) mass is 285 g/mol. The van der Waals surface area contributed by atoms with E-state index in [1.165, 1.54) is 9.87 Å². The Morgan fingerprint density at radius 2 is 1.79 bits per heavy atom. The first-order valence-electron chi connectivity index (χ1n) is 6.48. The molecule has 0 fully saturated rings. The Morgan fingerprint density at radius 3 is 2.32 bits per heavy atom. The highest BCUT2D eigenvalue weighted by Crippen LogP contribution is 2.06. The average Bonchev–Trinajstić information content (AvgIpc) is 2.43. The number of hydrogen-bond acceptors (Lipinski definition) is 3. The Bertz CT molecular complexity index is 471. The van der Waals surface area contributed by atoms with Crippen LogP contribution in [0, 0.1) is 0 Å². The molecule has 0 aliphatic rings. The molecule has 0 unspecified atom stereocenters. The van der Waals surface area contributed by atoms with Crippen LogP contribution in [0.1, 0.15) is 24.5 Å². The smallest absolute Gasteiger partial charge is 0.279 e. The van der Waals surface area contributed by atoms with Crippen molar-refractivity contribution in [3.8, 4) is 0 Å². The van der Waals surface area contributed by atoms with Gasteiger partial charge < -0.3 is 5.73 Å². The van der Waals surface area contributed by atoms with E-state index in [-0.39, 0.29) is 0 Å². The van der Waals surface area contributed by atoms with Gasteiger partial charge in [-0.15, -0.1) is 0 Å². The molecule has 0 saturated carbocycles. The first-order valence-corrected chi connectivity index (χ1v) is 7.92. The van der Waals surface area contributed by atoms with E-state index in [1.807, 2.05) is 24.3 Å². The normalized spacial score (nSPS) is 12.0. The molecule has 0 saturated heterocycles. The van der Waals surface area contributed by atoms with Crippen LogP contribution in [0.15, 0.2) is 24.3 Å². The van der Waals surface area contributed by atoms with E-state index in [0.29, 0.717) is 26.1 Å². The Balaban J connectivity index is 2.54. The topological polar surface area (TPSA) is 75.4 Å². The van der Waals surface area contributed by atoms with Crippen molar-refractivity contribution in [1.29, 1.82) is 0 Å². The lowest BCUT2D eigenvalue weighted by molar-refractivity contribution is 0.452. The zero-order chi connectivity index (χ0) is 14.3. The lowest BCUT2D eigenvalue weighted by atomic mass is 10.1. The summed E-state index contributed by atoms with van der Waals surface area (Å²) < 4.78 is 27.7. The number of nitrogens with two attached hydrogens (primary N) is 1. The van der Waals surface area contributed by atoms with Crippen LogP contribution >= 0.6 is 0 Å². The van der Waals surface area contributed by atoms with Gasteiger partial charge in [-0.05, 0) is 30.5 Å². The first-order chi connectivity index (χ1) is 8.99. The third kappa shape index (κ3) is 5.28. The molecule has 0 amide bonds. The number of nitrogens with one attached hydrogen (secondary N) is 1. The molecule has 0 bridgehead atoms. The number of aryl methyl sites for hydroxylation is 1. The molecular formula is C13H23N3O2S. The molecule has 19 heavy (non-hydrogen) atoms. The van der Waals surface area contributed by atoms with Crippen molar-refractivity contribution >= 4 is 10.2 Å². The molecule has 1 aromatic carbocycles. The Hall–Kier alpha value is -0.950. The van der Waals surface area contributed by atoms with Gasteiger partial charge in [0.25, 0.3) is 10.2 Å². The van der Waals surface area contributed by atoms with E-state index < -0.39 is 10.2 Å². The quantitative estimate of drug-likeness (QED) is 0.744. The van der Waals surface area contributed by atoms with Gasteiger partial charge in [-0.2, -0.15) is 17.4 Å². The minimum atomic E-state index is -3.42. The maximum absolute atomic E-state index is 11.9. The minimum absolute atomic E-state index is 0.305. The summed E-state index contributed by atoms with van der Waals surface area (Å²) in [5.41, 5.74) is 7.56. The Morgan fingerprint density at radius 1 is 1.21 bits per heavy atom. The lowest BCUT2D eigenvalue weighted by Gasteiger charge is -2.17. The number of benzene rings is 1. The van der Waals surface area contributed by atoms with Gasteiger partial charge in [-0.25, -0.2) is 0 Å². The van der Waals surface area contributed by atoms with Crippen molar-refractivity contribution in [1.82, 2.24) is 9.03 Å². The summed E-state index contributed by atoms with van der Waals surface area (Å²) in [7, 11) is -1.86. The molecule has 0 aliphatic heterocycles. The van der Waals surface area contributed by atoms with Gasteiger partial charge in [-0.1, -0.05) is 31.2 Å². The van der Waals surface area contributed by atoms with Crippen LogP contribution in [0.4, 0.5) is 0 Å². The van der Waals surface area contributed by atoms with Crippen LogP contribution in [-0.4, -0.2) is 32.9 Å². The second-order valence-electron chi connectivity index (χ2n) is 4.46. The fourth-order valence-corrected chi connectivity index (χ4v) is 2.55. The summed E-state index contributed by atoms with van der Waals surface area (Å²) in [5, 5.41) is 0.